The molecular weight excluding hydrogens is 378 g/mol. The lowest BCUT2D eigenvalue weighted by Gasteiger charge is -2.23. The van der Waals surface area contributed by atoms with Crippen molar-refractivity contribution in [3.63, 3.8) is 0 Å². The van der Waals surface area contributed by atoms with Crippen molar-refractivity contribution in [2.24, 2.45) is 0 Å². The van der Waals surface area contributed by atoms with Gasteiger partial charge < -0.3 is 22.8 Å². The Morgan fingerprint density at radius 1 is 1.18 bits per heavy atom. The van der Waals surface area contributed by atoms with Crippen LogP contribution in [0.15, 0.2) is 31.0 Å². The van der Waals surface area contributed by atoms with Gasteiger partial charge in [0.05, 0.1) is 12.3 Å². The molecule has 1 aromatic heterocycles. The Morgan fingerprint density at radius 3 is 2.50 bits per heavy atom. The van der Waals surface area contributed by atoms with Crippen LogP contribution in [0.3, 0.4) is 0 Å². The van der Waals surface area contributed by atoms with E-state index in [1.807, 2.05) is 38.2 Å². The number of benzene rings is 1. The van der Waals surface area contributed by atoms with Gasteiger partial charge in [0.2, 0.25) is 0 Å². The second-order valence-corrected chi connectivity index (χ2v) is 9.47. The van der Waals surface area contributed by atoms with Crippen LogP contribution in [0.2, 0.25) is 6.04 Å². The molecule has 8 nitrogen and oxygen atoms in total. The average molecular weight is 408 g/mol. The molecule has 0 fully saturated rings. The highest BCUT2D eigenvalue weighted by Gasteiger charge is 2.37. The average Bonchev–Trinajstić information content (AvgIpc) is 3.16. The Morgan fingerprint density at radius 2 is 1.89 bits per heavy atom. The third-order valence-corrected chi connectivity index (χ3v) is 6.82. The van der Waals surface area contributed by atoms with Crippen molar-refractivity contribution in [1.82, 2.24) is 15.0 Å². The molecule has 0 unspecified atom stereocenters. The van der Waals surface area contributed by atoms with Crippen molar-refractivity contribution in [2.45, 2.75) is 39.1 Å². The monoisotopic (exact) mass is 407 g/mol. The Bertz CT molecular complexity index is 754. The SMILES string of the molecule is C=Cc1cc(OCc2cn(CC[Si](OC)(OC)OC)nn2)ccc1OC(C)C. The number of nitrogens with zero attached hydrogens (tertiary/aromatic N) is 3. The van der Waals surface area contributed by atoms with Crippen molar-refractivity contribution in [3.8, 4) is 11.5 Å². The molecule has 0 aliphatic rings. The Kier molecular flexibility index (Phi) is 8.18. The van der Waals surface area contributed by atoms with Gasteiger partial charge in [0.1, 0.15) is 23.8 Å². The van der Waals surface area contributed by atoms with Gasteiger partial charge in [0.15, 0.2) is 0 Å². The van der Waals surface area contributed by atoms with E-state index < -0.39 is 8.80 Å². The molecule has 2 aromatic rings. The van der Waals surface area contributed by atoms with E-state index in [2.05, 4.69) is 16.9 Å². The van der Waals surface area contributed by atoms with Gasteiger partial charge in [-0.15, -0.1) is 5.10 Å². The lowest BCUT2D eigenvalue weighted by atomic mass is 10.2. The highest BCUT2D eigenvalue weighted by Crippen LogP contribution is 2.26. The highest BCUT2D eigenvalue weighted by molar-refractivity contribution is 6.60. The predicted molar refractivity (Wildman–Crippen MR) is 108 cm³/mol. The second-order valence-electron chi connectivity index (χ2n) is 6.38. The van der Waals surface area contributed by atoms with Crippen molar-refractivity contribution < 1.29 is 22.8 Å². The molecule has 0 bridgehead atoms. The molecule has 0 aliphatic heterocycles. The van der Waals surface area contributed by atoms with Crippen LogP contribution in [-0.2, 0) is 26.4 Å². The first kappa shape index (κ1) is 22.1. The zero-order chi connectivity index (χ0) is 20.6. The smallest absolute Gasteiger partial charge is 0.490 e. The van der Waals surface area contributed by atoms with Crippen LogP contribution in [0.5, 0.6) is 11.5 Å². The van der Waals surface area contributed by atoms with E-state index in [1.165, 1.54) is 0 Å². The first-order chi connectivity index (χ1) is 13.4. The number of aromatic nitrogens is 3. The van der Waals surface area contributed by atoms with Gasteiger partial charge in [-0.3, -0.25) is 4.68 Å². The molecule has 0 radical (unpaired) electrons. The molecule has 0 saturated carbocycles. The molecule has 0 spiro atoms. The molecule has 0 N–H and O–H groups in total. The number of hydrogen-bond acceptors (Lipinski definition) is 7. The lowest BCUT2D eigenvalue weighted by Crippen LogP contribution is -2.43. The molecular formula is C19H29N3O5Si. The van der Waals surface area contributed by atoms with Crippen LogP contribution in [0.4, 0.5) is 0 Å². The Balaban J connectivity index is 1.94. The maximum Gasteiger partial charge on any atom is 0.502 e. The Hall–Kier alpha value is -2.20. The van der Waals surface area contributed by atoms with Gasteiger partial charge in [-0.2, -0.15) is 0 Å². The number of rotatable bonds is 12. The van der Waals surface area contributed by atoms with Crippen molar-refractivity contribution in [3.05, 3.63) is 42.2 Å². The summed E-state index contributed by atoms with van der Waals surface area (Å²) in [4.78, 5) is 0. The zero-order valence-electron chi connectivity index (χ0n) is 17.2. The molecule has 1 heterocycles. The fraction of sp³-hybridized carbons (Fsp3) is 0.474. The third-order valence-electron chi connectivity index (χ3n) is 4.12. The van der Waals surface area contributed by atoms with Crippen LogP contribution in [0, 0.1) is 0 Å². The number of aryl methyl sites for hydroxylation is 1. The van der Waals surface area contributed by atoms with Crippen LogP contribution in [0.1, 0.15) is 25.1 Å². The van der Waals surface area contributed by atoms with E-state index in [4.69, 9.17) is 22.8 Å². The van der Waals surface area contributed by atoms with Gasteiger partial charge >= 0.3 is 8.80 Å². The quantitative estimate of drug-likeness (QED) is 0.500. The minimum Gasteiger partial charge on any atom is -0.490 e. The molecule has 0 saturated heterocycles. The molecule has 0 aliphatic carbocycles. The summed E-state index contributed by atoms with van der Waals surface area (Å²) in [5.74, 6) is 1.50. The van der Waals surface area contributed by atoms with Crippen molar-refractivity contribution in [1.29, 1.82) is 0 Å². The first-order valence-electron chi connectivity index (χ1n) is 9.05. The summed E-state index contributed by atoms with van der Waals surface area (Å²) in [6, 6.07) is 6.24. The molecule has 0 atom stereocenters. The summed E-state index contributed by atoms with van der Waals surface area (Å²) in [6.07, 6.45) is 3.68. The van der Waals surface area contributed by atoms with Gasteiger partial charge in [-0.25, -0.2) is 0 Å². The Labute approximate surface area is 167 Å². The summed E-state index contributed by atoms with van der Waals surface area (Å²) < 4.78 is 29.6. The molecule has 2 rings (SSSR count). The van der Waals surface area contributed by atoms with Crippen molar-refractivity contribution in [2.75, 3.05) is 21.3 Å². The molecule has 154 valence electrons. The molecule has 0 amide bonds. The predicted octanol–water partition coefficient (Wildman–Crippen LogP) is 3.17. The largest absolute Gasteiger partial charge is 0.502 e. The van der Waals surface area contributed by atoms with Gasteiger partial charge in [-0.1, -0.05) is 17.9 Å². The fourth-order valence-electron chi connectivity index (χ4n) is 2.62. The van der Waals surface area contributed by atoms with Crippen LogP contribution in [0.25, 0.3) is 6.08 Å². The van der Waals surface area contributed by atoms with E-state index in [1.54, 1.807) is 32.1 Å². The summed E-state index contributed by atoms with van der Waals surface area (Å²) in [6.45, 7) is 8.69. The van der Waals surface area contributed by atoms with E-state index in [9.17, 15) is 0 Å². The summed E-state index contributed by atoms with van der Waals surface area (Å²) in [7, 11) is 2.15. The number of ether oxygens (including phenoxy) is 2. The van der Waals surface area contributed by atoms with Crippen molar-refractivity contribution >= 4 is 14.9 Å². The zero-order valence-corrected chi connectivity index (χ0v) is 18.2. The van der Waals surface area contributed by atoms with Crippen LogP contribution in [-0.4, -0.2) is 51.2 Å². The molecule has 1 aromatic carbocycles. The fourth-order valence-corrected chi connectivity index (χ4v) is 4.23. The maximum absolute atomic E-state index is 5.83. The summed E-state index contributed by atoms with van der Waals surface area (Å²) >= 11 is 0. The first-order valence-corrected chi connectivity index (χ1v) is 11.0. The molecule has 9 heteroatoms. The standard InChI is InChI=1S/C19H29N3O5Si/c1-7-16-12-18(8-9-19(16)27-15(2)3)26-14-17-13-22(21-20-17)10-11-28(23-4,24-5)25-6/h7-9,12-13,15H,1,10-11,14H2,2-6H3. The topological polar surface area (TPSA) is 76.9 Å². The van der Waals surface area contributed by atoms with Crippen LogP contribution < -0.4 is 9.47 Å². The lowest BCUT2D eigenvalue weighted by molar-refractivity contribution is 0.121. The molecule has 28 heavy (non-hydrogen) atoms. The van der Waals surface area contributed by atoms with E-state index >= 15 is 0 Å². The minimum atomic E-state index is -2.63. The van der Waals surface area contributed by atoms with Crippen LogP contribution >= 0.6 is 0 Å². The van der Waals surface area contributed by atoms with Gasteiger partial charge in [-0.05, 0) is 32.0 Å². The maximum atomic E-state index is 5.83. The van der Waals surface area contributed by atoms with Gasteiger partial charge in [0, 0.05) is 39.5 Å². The second kappa shape index (κ2) is 10.4. The normalized spacial score (nSPS) is 11.6. The van der Waals surface area contributed by atoms with E-state index in [-0.39, 0.29) is 6.10 Å². The third kappa shape index (κ3) is 5.90. The summed E-state index contributed by atoms with van der Waals surface area (Å²) in [5.41, 5.74) is 1.61. The summed E-state index contributed by atoms with van der Waals surface area (Å²) in [5, 5.41) is 8.27. The minimum absolute atomic E-state index is 0.0941. The van der Waals surface area contributed by atoms with E-state index in [0.29, 0.717) is 24.9 Å². The highest BCUT2D eigenvalue weighted by atomic mass is 28.4. The van der Waals surface area contributed by atoms with E-state index in [0.717, 1.165) is 17.0 Å². The number of hydrogen-bond donors (Lipinski definition) is 0. The van der Waals surface area contributed by atoms with Gasteiger partial charge in [0.25, 0.3) is 0 Å².